The number of rotatable bonds is 5. The van der Waals surface area contributed by atoms with Crippen molar-refractivity contribution in [2.24, 2.45) is 0 Å². The van der Waals surface area contributed by atoms with Gasteiger partial charge in [-0.05, 0) is 66.4 Å². The maximum absolute atomic E-state index is 3.86. The SMILES string of the molecule is CC(C)(C)P(Cc1ccccc1C(P)(C1CCCN1)C1CCCN1)C(C)(C)C. The first-order valence-corrected chi connectivity index (χ1v) is 13.3. The largest absolute Gasteiger partial charge is 0.313 e. The molecule has 0 spiro atoms. The van der Waals surface area contributed by atoms with E-state index < -0.39 is 0 Å². The lowest BCUT2D eigenvalue weighted by molar-refractivity contribution is 0.352. The molecule has 2 heterocycles. The molecule has 0 amide bonds. The first-order chi connectivity index (χ1) is 13.0. The van der Waals surface area contributed by atoms with Crippen LogP contribution < -0.4 is 10.6 Å². The van der Waals surface area contributed by atoms with Crippen molar-refractivity contribution < 1.29 is 0 Å². The fourth-order valence-corrected chi connectivity index (χ4v) is 9.96. The Balaban J connectivity index is 2.03. The van der Waals surface area contributed by atoms with Gasteiger partial charge in [0, 0.05) is 17.2 Å². The molecule has 2 N–H and O–H groups in total. The van der Waals surface area contributed by atoms with Gasteiger partial charge in [0.2, 0.25) is 0 Å². The van der Waals surface area contributed by atoms with Crippen LogP contribution in [-0.4, -0.2) is 35.5 Å². The zero-order chi connectivity index (χ0) is 20.6. The van der Waals surface area contributed by atoms with Crippen LogP contribution in [-0.2, 0) is 11.3 Å². The normalized spacial score (nSPS) is 26.0. The molecule has 0 aromatic heterocycles. The second-order valence-electron chi connectivity index (χ2n) is 10.8. The highest BCUT2D eigenvalue weighted by molar-refractivity contribution is 7.60. The molecule has 0 aliphatic carbocycles. The minimum Gasteiger partial charge on any atom is -0.313 e. The average Bonchev–Trinajstić information content (AvgIpc) is 3.30. The molecule has 28 heavy (non-hydrogen) atoms. The number of hydrogen-bond donors (Lipinski definition) is 2. The molecule has 0 bridgehead atoms. The predicted octanol–water partition coefficient (Wildman–Crippen LogP) is 5.84. The highest BCUT2D eigenvalue weighted by Crippen LogP contribution is 2.62. The maximum atomic E-state index is 3.86. The predicted molar refractivity (Wildman–Crippen MR) is 130 cm³/mol. The number of benzene rings is 1. The van der Waals surface area contributed by atoms with Gasteiger partial charge < -0.3 is 10.6 Å². The molecule has 2 nitrogen and oxygen atoms in total. The van der Waals surface area contributed by atoms with Crippen molar-refractivity contribution in [2.45, 2.75) is 101 Å². The van der Waals surface area contributed by atoms with E-state index in [0.717, 1.165) is 13.1 Å². The Hall–Kier alpha value is -0.0000000000000000416. The summed E-state index contributed by atoms with van der Waals surface area (Å²) in [6.45, 7) is 17.0. The number of nitrogens with one attached hydrogen (secondary N) is 2. The molecule has 3 rings (SSSR count). The van der Waals surface area contributed by atoms with Crippen molar-refractivity contribution >= 4 is 17.2 Å². The summed E-state index contributed by atoms with van der Waals surface area (Å²) in [5.74, 6) is 0. The van der Waals surface area contributed by atoms with Crippen LogP contribution in [0.4, 0.5) is 0 Å². The summed E-state index contributed by atoms with van der Waals surface area (Å²) < 4.78 is 0. The molecule has 1 aromatic rings. The quantitative estimate of drug-likeness (QED) is 0.585. The van der Waals surface area contributed by atoms with Crippen molar-refractivity contribution in [1.29, 1.82) is 0 Å². The van der Waals surface area contributed by atoms with E-state index in [4.69, 9.17) is 0 Å². The minimum atomic E-state index is -0.157. The highest BCUT2D eigenvalue weighted by atomic mass is 31.1. The fraction of sp³-hybridized carbons (Fsp3) is 0.750. The molecule has 2 saturated heterocycles. The highest BCUT2D eigenvalue weighted by Gasteiger charge is 2.46. The summed E-state index contributed by atoms with van der Waals surface area (Å²) in [5.41, 5.74) is 3.15. The van der Waals surface area contributed by atoms with Crippen LogP contribution >= 0.6 is 17.2 Å². The van der Waals surface area contributed by atoms with E-state index in [1.165, 1.54) is 31.8 Å². The van der Waals surface area contributed by atoms with E-state index in [1.807, 2.05) is 0 Å². The first-order valence-electron chi connectivity index (χ1n) is 11.2. The third-order valence-electron chi connectivity index (χ3n) is 6.71. The maximum Gasteiger partial charge on any atom is 0.0405 e. The van der Waals surface area contributed by atoms with Crippen molar-refractivity contribution in [2.75, 3.05) is 13.1 Å². The van der Waals surface area contributed by atoms with Gasteiger partial charge >= 0.3 is 0 Å². The number of hydrogen-bond acceptors (Lipinski definition) is 2. The van der Waals surface area contributed by atoms with E-state index in [-0.39, 0.29) is 13.1 Å². The van der Waals surface area contributed by atoms with E-state index >= 15 is 0 Å². The van der Waals surface area contributed by atoms with Crippen molar-refractivity contribution in [1.82, 2.24) is 10.6 Å². The Morgan fingerprint density at radius 3 is 1.82 bits per heavy atom. The van der Waals surface area contributed by atoms with Crippen molar-refractivity contribution in [3.63, 3.8) is 0 Å². The summed E-state index contributed by atoms with van der Waals surface area (Å²) in [4.78, 5) is 0. The molecule has 2 aliphatic heterocycles. The summed E-state index contributed by atoms with van der Waals surface area (Å²) in [7, 11) is 3.20. The standard InChI is InChI=1S/C24H42N2P2/c1-22(2,3)28(23(4,5)6)17-18-11-7-8-12-19(18)24(27,20-13-9-15-25-20)21-14-10-16-26-21/h7-8,11-12,20-21,25-26H,9-10,13-17,27H2,1-6H3. The Bertz CT molecular complexity index is 617. The van der Waals surface area contributed by atoms with Crippen molar-refractivity contribution in [3.05, 3.63) is 35.4 Å². The Morgan fingerprint density at radius 1 is 0.893 bits per heavy atom. The summed E-state index contributed by atoms with van der Waals surface area (Å²) in [5, 5.41) is 8.50. The van der Waals surface area contributed by atoms with Gasteiger partial charge in [0.15, 0.2) is 0 Å². The minimum absolute atomic E-state index is 0.0837. The van der Waals surface area contributed by atoms with Crippen LogP contribution in [0.2, 0.25) is 0 Å². The van der Waals surface area contributed by atoms with E-state index in [9.17, 15) is 0 Å². The Kier molecular flexibility index (Phi) is 6.99. The van der Waals surface area contributed by atoms with Crippen LogP contribution in [0.5, 0.6) is 0 Å². The third kappa shape index (κ3) is 4.67. The second kappa shape index (κ2) is 8.63. The summed E-state index contributed by atoms with van der Waals surface area (Å²) in [6.07, 6.45) is 6.37. The molecular formula is C24H42N2P2. The lowest BCUT2D eigenvalue weighted by Gasteiger charge is -2.45. The van der Waals surface area contributed by atoms with E-state index in [2.05, 4.69) is 85.7 Å². The first kappa shape index (κ1) is 22.7. The third-order valence-corrected chi connectivity index (χ3v) is 11.7. The zero-order valence-corrected chi connectivity index (χ0v) is 21.0. The molecule has 3 unspecified atom stereocenters. The van der Waals surface area contributed by atoms with Gasteiger partial charge in [-0.1, -0.05) is 73.7 Å². The summed E-state index contributed by atoms with van der Waals surface area (Å²) >= 11 is 0. The Morgan fingerprint density at radius 2 is 1.39 bits per heavy atom. The van der Waals surface area contributed by atoms with Crippen LogP contribution in [0.15, 0.2) is 24.3 Å². The van der Waals surface area contributed by atoms with Gasteiger partial charge in [-0.25, -0.2) is 0 Å². The second-order valence-corrected chi connectivity index (χ2v) is 15.6. The monoisotopic (exact) mass is 420 g/mol. The van der Waals surface area contributed by atoms with Crippen LogP contribution in [0.3, 0.4) is 0 Å². The smallest absolute Gasteiger partial charge is 0.0405 e. The average molecular weight is 421 g/mol. The van der Waals surface area contributed by atoms with Gasteiger partial charge in [0.1, 0.15) is 0 Å². The molecule has 3 atom stereocenters. The fourth-order valence-electron chi connectivity index (χ4n) is 5.53. The van der Waals surface area contributed by atoms with Crippen LogP contribution in [0, 0.1) is 0 Å². The molecule has 0 saturated carbocycles. The van der Waals surface area contributed by atoms with Gasteiger partial charge in [0.25, 0.3) is 0 Å². The molecule has 2 fully saturated rings. The van der Waals surface area contributed by atoms with Gasteiger partial charge in [-0.15, -0.1) is 9.24 Å². The molecule has 4 heteroatoms. The lowest BCUT2D eigenvalue weighted by atomic mass is 9.80. The van der Waals surface area contributed by atoms with E-state index in [1.54, 1.807) is 11.1 Å². The zero-order valence-electron chi connectivity index (χ0n) is 18.9. The molecule has 1 aromatic carbocycles. The Labute approximate surface area is 177 Å². The van der Waals surface area contributed by atoms with Gasteiger partial charge in [0.05, 0.1) is 0 Å². The topological polar surface area (TPSA) is 24.1 Å². The van der Waals surface area contributed by atoms with Gasteiger partial charge in [-0.3, -0.25) is 0 Å². The summed E-state index contributed by atoms with van der Waals surface area (Å²) in [6, 6.07) is 10.5. The molecule has 0 radical (unpaired) electrons. The lowest BCUT2D eigenvalue weighted by Crippen LogP contribution is -2.52. The molecular weight excluding hydrogens is 378 g/mol. The van der Waals surface area contributed by atoms with E-state index in [0.29, 0.717) is 22.4 Å². The van der Waals surface area contributed by atoms with Crippen LogP contribution in [0.25, 0.3) is 0 Å². The van der Waals surface area contributed by atoms with Gasteiger partial charge in [-0.2, -0.15) is 0 Å². The van der Waals surface area contributed by atoms with Crippen molar-refractivity contribution in [3.8, 4) is 0 Å². The molecule has 2 aliphatic rings. The molecule has 158 valence electrons. The van der Waals surface area contributed by atoms with Crippen LogP contribution in [0.1, 0.15) is 78.4 Å².